The minimum Gasteiger partial charge on any atom is -0.494 e. The van der Waals surface area contributed by atoms with Gasteiger partial charge in [-0.15, -0.1) is 0 Å². The summed E-state index contributed by atoms with van der Waals surface area (Å²) in [7, 11) is 0. The number of nitrogens with one attached hydrogen (secondary N) is 2. The fourth-order valence-electron chi connectivity index (χ4n) is 2.16. The van der Waals surface area contributed by atoms with Crippen molar-refractivity contribution in [2.75, 3.05) is 25.0 Å². The molecular weight excluding hydrogens is 308 g/mol. The Morgan fingerprint density at radius 1 is 1.00 bits per heavy atom. The monoisotopic (exact) mass is 332 g/mol. The first-order valence-corrected chi connectivity index (χ1v) is 8.58. The van der Waals surface area contributed by atoms with E-state index in [1.165, 1.54) is 0 Å². The largest absolute Gasteiger partial charge is 0.494 e. The number of ether oxygens (including phenoxy) is 1. The van der Waals surface area contributed by atoms with Crippen molar-refractivity contribution in [3.63, 3.8) is 0 Å². The number of hydrogen-bond acceptors (Lipinski definition) is 3. The molecule has 0 aliphatic heterocycles. The molecule has 0 spiro atoms. The van der Waals surface area contributed by atoms with E-state index in [0.717, 1.165) is 61.1 Å². The second-order valence-corrected chi connectivity index (χ2v) is 5.83. The van der Waals surface area contributed by atoms with Crippen molar-refractivity contribution >= 4 is 17.3 Å². The molecule has 0 bridgehead atoms. The van der Waals surface area contributed by atoms with E-state index in [1.807, 2.05) is 36.4 Å². The molecule has 2 rings (SSSR count). The Hall–Kier alpha value is -1.71. The summed E-state index contributed by atoms with van der Waals surface area (Å²) in [6, 6.07) is 16.0. The number of hydrogen-bond donors (Lipinski definition) is 2. The molecule has 4 heteroatoms. The third kappa shape index (κ3) is 6.51. The second kappa shape index (κ2) is 10.1. The van der Waals surface area contributed by atoms with Crippen LogP contribution in [0.3, 0.4) is 0 Å². The molecule has 2 aromatic rings. The Bertz CT molecular complexity index is 572. The summed E-state index contributed by atoms with van der Waals surface area (Å²) in [6.07, 6.45) is 2.25. The molecule has 0 saturated carbocycles. The number of benzene rings is 2. The van der Waals surface area contributed by atoms with Crippen LogP contribution in [-0.2, 0) is 6.54 Å². The quantitative estimate of drug-likeness (QED) is 0.618. The maximum atomic E-state index is 6.13. The van der Waals surface area contributed by atoms with Gasteiger partial charge in [-0.3, -0.25) is 0 Å². The lowest BCUT2D eigenvalue weighted by Crippen LogP contribution is -2.21. The summed E-state index contributed by atoms with van der Waals surface area (Å²) in [5, 5.41) is 7.59. The summed E-state index contributed by atoms with van der Waals surface area (Å²) in [4.78, 5) is 0. The van der Waals surface area contributed by atoms with E-state index in [4.69, 9.17) is 16.3 Å². The van der Waals surface area contributed by atoms with Gasteiger partial charge in [0, 0.05) is 30.3 Å². The molecule has 0 amide bonds. The van der Waals surface area contributed by atoms with Crippen molar-refractivity contribution in [1.82, 2.24) is 5.32 Å². The highest BCUT2D eigenvalue weighted by molar-refractivity contribution is 6.31. The van der Waals surface area contributed by atoms with Gasteiger partial charge >= 0.3 is 0 Å². The van der Waals surface area contributed by atoms with Crippen LogP contribution in [0.2, 0.25) is 5.02 Å². The zero-order chi connectivity index (χ0) is 16.3. The molecule has 0 aromatic heterocycles. The minimum absolute atomic E-state index is 0.783. The first-order chi connectivity index (χ1) is 11.3. The van der Waals surface area contributed by atoms with Crippen LogP contribution in [0.25, 0.3) is 0 Å². The standard InChI is InChI=1S/C19H25ClN2O/c1-2-3-14-23-18-10-8-17(9-11-18)22-13-12-21-15-16-6-4-5-7-19(16)20/h4-11,21-22H,2-3,12-15H2,1H3. The van der Waals surface area contributed by atoms with Gasteiger partial charge in [-0.25, -0.2) is 0 Å². The molecule has 0 fully saturated rings. The molecule has 0 heterocycles. The highest BCUT2D eigenvalue weighted by atomic mass is 35.5. The van der Waals surface area contributed by atoms with Gasteiger partial charge in [0.25, 0.3) is 0 Å². The van der Waals surface area contributed by atoms with Crippen LogP contribution in [0.1, 0.15) is 25.3 Å². The first-order valence-electron chi connectivity index (χ1n) is 8.20. The summed E-state index contributed by atoms with van der Waals surface area (Å²) in [6.45, 7) is 5.47. The van der Waals surface area contributed by atoms with Crippen LogP contribution >= 0.6 is 11.6 Å². The highest BCUT2D eigenvalue weighted by Gasteiger charge is 1.98. The third-order valence-corrected chi connectivity index (χ3v) is 3.89. The maximum absolute atomic E-state index is 6.13. The smallest absolute Gasteiger partial charge is 0.119 e. The van der Waals surface area contributed by atoms with Crippen molar-refractivity contribution in [2.24, 2.45) is 0 Å². The molecular formula is C19H25ClN2O. The van der Waals surface area contributed by atoms with Gasteiger partial charge in [-0.05, 0) is 42.3 Å². The van der Waals surface area contributed by atoms with Crippen LogP contribution in [0, 0.1) is 0 Å². The van der Waals surface area contributed by atoms with Gasteiger partial charge in [-0.1, -0.05) is 43.1 Å². The van der Waals surface area contributed by atoms with E-state index in [9.17, 15) is 0 Å². The molecule has 23 heavy (non-hydrogen) atoms. The Labute approximate surface area is 144 Å². The Kier molecular flexibility index (Phi) is 7.78. The second-order valence-electron chi connectivity index (χ2n) is 5.42. The van der Waals surface area contributed by atoms with Crippen molar-refractivity contribution in [1.29, 1.82) is 0 Å². The van der Waals surface area contributed by atoms with E-state index >= 15 is 0 Å². The van der Waals surface area contributed by atoms with Crippen molar-refractivity contribution < 1.29 is 4.74 Å². The first kappa shape index (κ1) is 17.6. The number of halogens is 1. The van der Waals surface area contributed by atoms with Gasteiger partial charge in [0.05, 0.1) is 6.61 Å². The normalized spacial score (nSPS) is 10.5. The van der Waals surface area contributed by atoms with Gasteiger partial charge < -0.3 is 15.4 Å². The SMILES string of the molecule is CCCCOc1ccc(NCCNCc2ccccc2Cl)cc1. The van der Waals surface area contributed by atoms with Crippen molar-refractivity contribution in [2.45, 2.75) is 26.3 Å². The van der Waals surface area contributed by atoms with Crippen molar-refractivity contribution in [3.05, 3.63) is 59.1 Å². The average molecular weight is 333 g/mol. The Morgan fingerprint density at radius 3 is 2.52 bits per heavy atom. The summed E-state index contributed by atoms with van der Waals surface area (Å²) in [5.41, 5.74) is 2.23. The third-order valence-electron chi connectivity index (χ3n) is 3.53. The molecule has 0 radical (unpaired) electrons. The molecule has 2 aromatic carbocycles. The molecule has 3 nitrogen and oxygen atoms in total. The molecule has 0 atom stereocenters. The Morgan fingerprint density at radius 2 is 1.78 bits per heavy atom. The molecule has 0 aliphatic rings. The molecule has 0 unspecified atom stereocenters. The van der Waals surface area contributed by atoms with E-state index < -0.39 is 0 Å². The van der Waals surface area contributed by atoms with Gasteiger partial charge in [0.1, 0.15) is 5.75 Å². The predicted molar refractivity (Wildman–Crippen MR) is 98.5 cm³/mol. The summed E-state index contributed by atoms with van der Waals surface area (Å²) in [5.74, 6) is 0.931. The van der Waals surface area contributed by atoms with Gasteiger partial charge in [0.15, 0.2) is 0 Å². The lowest BCUT2D eigenvalue weighted by Gasteiger charge is -2.10. The van der Waals surface area contributed by atoms with Crippen LogP contribution in [0.15, 0.2) is 48.5 Å². The summed E-state index contributed by atoms with van der Waals surface area (Å²) < 4.78 is 5.65. The number of anilines is 1. The zero-order valence-electron chi connectivity index (χ0n) is 13.6. The molecule has 2 N–H and O–H groups in total. The highest BCUT2D eigenvalue weighted by Crippen LogP contribution is 2.16. The molecule has 124 valence electrons. The van der Waals surface area contributed by atoms with Crippen molar-refractivity contribution in [3.8, 4) is 5.75 Å². The lowest BCUT2D eigenvalue weighted by molar-refractivity contribution is 0.309. The van der Waals surface area contributed by atoms with Crippen LogP contribution < -0.4 is 15.4 Å². The van der Waals surface area contributed by atoms with Crippen LogP contribution in [0.4, 0.5) is 5.69 Å². The predicted octanol–water partition coefficient (Wildman–Crippen LogP) is 4.72. The minimum atomic E-state index is 0.783. The fraction of sp³-hybridized carbons (Fsp3) is 0.368. The number of unbranched alkanes of at least 4 members (excludes halogenated alkanes) is 1. The lowest BCUT2D eigenvalue weighted by atomic mass is 10.2. The van der Waals surface area contributed by atoms with Gasteiger partial charge in [0.2, 0.25) is 0 Å². The maximum Gasteiger partial charge on any atom is 0.119 e. The number of rotatable bonds is 10. The van der Waals surface area contributed by atoms with Crippen LogP contribution in [-0.4, -0.2) is 19.7 Å². The Balaban J connectivity index is 1.63. The van der Waals surface area contributed by atoms with Gasteiger partial charge in [-0.2, -0.15) is 0 Å². The van der Waals surface area contributed by atoms with E-state index in [1.54, 1.807) is 0 Å². The molecule has 0 saturated heterocycles. The summed E-state index contributed by atoms with van der Waals surface area (Å²) >= 11 is 6.13. The molecule has 0 aliphatic carbocycles. The van der Waals surface area contributed by atoms with E-state index in [-0.39, 0.29) is 0 Å². The van der Waals surface area contributed by atoms with E-state index in [0.29, 0.717) is 0 Å². The fourth-order valence-corrected chi connectivity index (χ4v) is 2.37. The van der Waals surface area contributed by atoms with Crippen LogP contribution in [0.5, 0.6) is 5.75 Å². The van der Waals surface area contributed by atoms with E-state index in [2.05, 4.69) is 29.7 Å². The topological polar surface area (TPSA) is 33.3 Å². The zero-order valence-corrected chi connectivity index (χ0v) is 14.4. The average Bonchev–Trinajstić information content (AvgIpc) is 2.58.